The summed E-state index contributed by atoms with van der Waals surface area (Å²) in [5, 5.41) is 8.95. The molecular formula is C16H24N4O. The maximum absolute atomic E-state index is 8.95. The fraction of sp³-hybridized carbons (Fsp3) is 0.562. The Morgan fingerprint density at radius 1 is 1.33 bits per heavy atom. The van der Waals surface area contributed by atoms with E-state index in [0.717, 1.165) is 38.5 Å². The van der Waals surface area contributed by atoms with E-state index < -0.39 is 5.54 Å². The average molecular weight is 288 g/mol. The summed E-state index contributed by atoms with van der Waals surface area (Å²) in [6.07, 6.45) is 0.711. The summed E-state index contributed by atoms with van der Waals surface area (Å²) in [5.41, 5.74) is 6.36. The Morgan fingerprint density at radius 3 is 2.67 bits per heavy atom. The third kappa shape index (κ3) is 4.35. The largest absolute Gasteiger partial charge is 0.497 e. The van der Waals surface area contributed by atoms with E-state index in [-0.39, 0.29) is 0 Å². The highest BCUT2D eigenvalue weighted by Crippen LogP contribution is 2.22. The van der Waals surface area contributed by atoms with Gasteiger partial charge in [0.25, 0.3) is 0 Å². The highest BCUT2D eigenvalue weighted by atomic mass is 16.5. The molecule has 1 aliphatic heterocycles. The van der Waals surface area contributed by atoms with E-state index in [1.165, 1.54) is 5.69 Å². The summed E-state index contributed by atoms with van der Waals surface area (Å²) in [5.74, 6) is 0.892. The number of nitrogens with two attached hydrogens (primary N) is 1. The monoisotopic (exact) mass is 288 g/mol. The van der Waals surface area contributed by atoms with Gasteiger partial charge in [-0.1, -0.05) is 6.07 Å². The summed E-state index contributed by atoms with van der Waals surface area (Å²) in [4.78, 5) is 4.74. The van der Waals surface area contributed by atoms with Crippen molar-refractivity contribution in [3.05, 3.63) is 24.3 Å². The number of nitrogens with zero attached hydrogens (tertiary/aromatic N) is 3. The van der Waals surface area contributed by atoms with Gasteiger partial charge in [0.05, 0.1) is 13.2 Å². The molecule has 0 aromatic heterocycles. The normalized spacial score (nSPS) is 18.9. The summed E-state index contributed by atoms with van der Waals surface area (Å²) in [6, 6.07) is 10.3. The molecule has 1 unspecified atom stereocenters. The number of nitriles is 1. The van der Waals surface area contributed by atoms with E-state index in [1.807, 2.05) is 12.1 Å². The lowest BCUT2D eigenvalue weighted by Gasteiger charge is -2.36. The van der Waals surface area contributed by atoms with Crippen molar-refractivity contribution in [2.75, 3.05) is 44.7 Å². The predicted octanol–water partition coefficient (Wildman–Crippen LogP) is 1.45. The van der Waals surface area contributed by atoms with Crippen LogP contribution in [-0.4, -0.2) is 50.3 Å². The van der Waals surface area contributed by atoms with Gasteiger partial charge in [0, 0.05) is 44.5 Å². The summed E-state index contributed by atoms with van der Waals surface area (Å²) < 4.78 is 5.27. The van der Waals surface area contributed by atoms with E-state index >= 15 is 0 Å². The van der Waals surface area contributed by atoms with Gasteiger partial charge in [0.2, 0.25) is 0 Å². The van der Waals surface area contributed by atoms with Gasteiger partial charge in [0.1, 0.15) is 11.3 Å². The number of ether oxygens (including phenoxy) is 1. The van der Waals surface area contributed by atoms with E-state index in [9.17, 15) is 0 Å². The molecule has 1 heterocycles. The minimum atomic E-state index is -0.718. The molecule has 0 spiro atoms. The van der Waals surface area contributed by atoms with Crippen LogP contribution >= 0.6 is 0 Å². The second-order valence-corrected chi connectivity index (χ2v) is 5.81. The van der Waals surface area contributed by atoms with Gasteiger partial charge in [-0.15, -0.1) is 0 Å². The SMILES string of the molecule is COc1cccc(N2CCN(CCC(C)(N)C#N)CC2)c1. The first kappa shape index (κ1) is 15.6. The predicted molar refractivity (Wildman–Crippen MR) is 84.5 cm³/mol. The second-order valence-electron chi connectivity index (χ2n) is 5.81. The molecule has 1 saturated heterocycles. The van der Waals surface area contributed by atoms with Crippen LogP contribution in [0.15, 0.2) is 24.3 Å². The molecule has 2 rings (SSSR count). The van der Waals surface area contributed by atoms with Crippen molar-refractivity contribution in [3.63, 3.8) is 0 Å². The van der Waals surface area contributed by atoms with Gasteiger partial charge in [0.15, 0.2) is 0 Å². The number of hydrogen-bond donors (Lipinski definition) is 1. The Labute approximate surface area is 126 Å². The molecule has 5 nitrogen and oxygen atoms in total. The number of rotatable bonds is 5. The molecule has 114 valence electrons. The second kappa shape index (κ2) is 6.79. The third-order valence-electron chi connectivity index (χ3n) is 3.99. The zero-order chi connectivity index (χ0) is 15.3. The van der Waals surface area contributed by atoms with Crippen molar-refractivity contribution in [1.82, 2.24) is 4.90 Å². The lowest BCUT2D eigenvalue weighted by atomic mass is 10.0. The van der Waals surface area contributed by atoms with Crippen LogP contribution in [-0.2, 0) is 0 Å². The average Bonchev–Trinajstić information content (AvgIpc) is 2.53. The first-order valence-corrected chi connectivity index (χ1v) is 7.35. The smallest absolute Gasteiger partial charge is 0.120 e. The highest BCUT2D eigenvalue weighted by Gasteiger charge is 2.22. The van der Waals surface area contributed by atoms with Crippen LogP contribution in [0, 0.1) is 11.3 Å². The molecule has 5 heteroatoms. The number of anilines is 1. The highest BCUT2D eigenvalue weighted by molar-refractivity contribution is 5.51. The molecule has 0 radical (unpaired) electrons. The molecule has 1 fully saturated rings. The van der Waals surface area contributed by atoms with Crippen molar-refractivity contribution >= 4 is 5.69 Å². The molecule has 0 bridgehead atoms. The lowest BCUT2D eigenvalue weighted by molar-refractivity contribution is 0.242. The van der Waals surface area contributed by atoms with Crippen LogP contribution in [0.2, 0.25) is 0 Å². The molecule has 21 heavy (non-hydrogen) atoms. The van der Waals surface area contributed by atoms with Gasteiger partial charge in [-0.25, -0.2) is 0 Å². The Morgan fingerprint density at radius 2 is 2.05 bits per heavy atom. The van der Waals surface area contributed by atoms with Crippen LogP contribution in [0.1, 0.15) is 13.3 Å². The molecule has 0 amide bonds. The van der Waals surface area contributed by atoms with Crippen molar-refractivity contribution in [1.29, 1.82) is 5.26 Å². The Hall–Kier alpha value is -1.77. The quantitative estimate of drug-likeness (QED) is 0.888. The lowest BCUT2D eigenvalue weighted by Crippen LogP contribution is -2.48. The first-order valence-electron chi connectivity index (χ1n) is 7.35. The number of piperazine rings is 1. The van der Waals surface area contributed by atoms with Crippen molar-refractivity contribution in [3.8, 4) is 11.8 Å². The van der Waals surface area contributed by atoms with Crippen LogP contribution in [0.3, 0.4) is 0 Å². The zero-order valence-electron chi connectivity index (χ0n) is 12.9. The van der Waals surface area contributed by atoms with Crippen LogP contribution in [0.4, 0.5) is 5.69 Å². The first-order chi connectivity index (χ1) is 10.0. The van der Waals surface area contributed by atoms with Crippen LogP contribution in [0.5, 0.6) is 5.75 Å². The molecule has 0 saturated carbocycles. The molecule has 1 aliphatic rings. The Bertz CT molecular complexity index is 501. The van der Waals surface area contributed by atoms with Gasteiger partial charge >= 0.3 is 0 Å². The van der Waals surface area contributed by atoms with Gasteiger partial charge < -0.3 is 15.4 Å². The van der Waals surface area contributed by atoms with E-state index in [1.54, 1.807) is 14.0 Å². The molecule has 1 atom stereocenters. The van der Waals surface area contributed by atoms with E-state index in [0.29, 0.717) is 6.42 Å². The van der Waals surface area contributed by atoms with Crippen LogP contribution in [0.25, 0.3) is 0 Å². The number of benzene rings is 1. The minimum Gasteiger partial charge on any atom is -0.497 e. The zero-order valence-corrected chi connectivity index (χ0v) is 12.9. The Balaban J connectivity index is 1.84. The van der Waals surface area contributed by atoms with E-state index in [2.05, 4.69) is 28.0 Å². The van der Waals surface area contributed by atoms with E-state index in [4.69, 9.17) is 15.7 Å². The molecule has 0 aliphatic carbocycles. The fourth-order valence-corrected chi connectivity index (χ4v) is 2.48. The molecule has 2 N–H and O–H groups in total. The standard InChI is InChI=1S/C16H24N4O/c1-16(18,13-17)6-7-19-8-10-20(11-9-19)14-4-3-5-15(12-14)21-2/h3-5,12H,6-11,18H2,1-2H3. The third-order valence-corrected chi connectivity index (χ3v) is 3.99. The minimum absolute atomic E-state index is 0.711. The van der Waals surface area contributed by atoms with Gasteiger partial charge in [-0.05, 0) is 25.5 Å². The van der Waals surface area contributed by atoms with Gasteiger partial charge in [-0.3, -0.25) is 4.90 Å². The molecule has 1 aromatic carbocycles. The fourth-order valence-electron chi connectivity index (χ4n) is 2.48. The topological polar surface area (TPSA) is 65.5 Å². The molecule has 1 aromatic rings. The number of methoxy groups -OCH3 is 1. The number of hydrogen-bond acceptors (Lipinski definition) is 5. The van der Waals surface area contributed by atoms with Crippen LogP contribution < -0.4 is 15.4 Å². The van der Waals surface area contributed by atoms with Crippen molar-refractivity contribution in [2.45, 2.75) is 18.9 Å². The van der Waals surface area contributed by atoms with Gasteiger partial charge in [-0.2, -0.15) is 5.26 Å². The maximum atomic E-state index is 8.95. The summed E-state index contributed by atoms with van der Waals surface area (Å²) >= 11 is 0. The summed E-state index contributed by atoms with van der Waals surface area (Å²) in [7, 11) is 1.69. The van der Waals surface area contributed by atoms with Crippen molar-refractivity contribution < 1.29 is 4.74 Å². The maximum Gasteiger partial charge on any atom is 0.120 e. The Kier molecular flexibility index (Phi) is 5.05. The molecular weight excluding hydrogens is 264 g/mol. The van der Waals surface area contributed by atoms with Crippen molar-refractivity contribution in [2.24, 2.45) is 5.73 Å². The summed E-state index contributed by atoms with van der Waals surface area (Å²) in [6.45, 7) is 6.64.